The number of hydrogen-bond acceptors (Lipinski definition) is 6. The molecule has 1 fully saturated rings. The molecule has 1 unspecified atom stereocenters. The molecule has 1 aromatic carbocycles. The van der Waals surface area contributed by atoms with E-state index in [0.717, 1.165) is 12.0 Å². The quantitative estimate of drug-likeness (QED) is 0.271. The summed E-state index contributed by atoms with van der Waals surface area (Å²) < 4.78 is 42.9. The number of fused-ring (bicyclic) bond motifs is 2. The van der Waals surface area contributed by atoms with Crippen LogP contribution in [0.5, 0.6) is 0 Å². The molecule has 3 aromatic heterocycles. The number of imidazole rings is 1. The van der Waals surface area contributed by atoms with Gasteiger partial charge in [-0.05, 0) is 74.6 Å². The minimum Gasteiger partial charge on any atom is -0.382 e. The molecule has 12 heteroatoms. The van der Waals surface area contributed by atoms with Gasteiger partial charge in [-0.25, -0.2) is 9.97 Å². The molecule has 0 bridgehead atoms. The molecule has 0 radical (unpaired) electrons. The third-order valence-electron chi connectivity index (χ3n) is 7.69. The number of hydrogen-bond donors (Lipinski definition) is 3. The van der Waals surface area contributed by atoms with E-state index in [1.165, 1.54) is 36.9 Å². The number of benzene rings is 1. The molecule has 43 heavy (non-hydrogen) atoms. The fourth-order valence-electron chi connectivity index (χ4n) is 5.50. The first kappa shape index (κ1) is 29.9. The van der Waals surface area contributed by atoms with Gasteiger partial charge in [-0.1, -0.05) is 18.7 Å². The van der Waals surface area contributed by atoms with Gasteiger partial charge in [0.05, 0.1) is 11.9 Å². The molecule has 6 rings (SSSR count). The third kappa shape index (κ3) is 7.25. The van der Waals surface area contributed by atoms with Crippen LogP contribution in [0, 0.1) is 0 Å². The van der Waals surface area contributed by atoms with E-state index in [4.69, 9.17) is 5.73 Å². The zero-order valence-corrected chi connectivity index (χ0v) is 24.0. The number of allylic oxidation sites excluding steroid dienone is 2. The van der Waals surface area contributed by atoms with Gasteiger partial charge in [0.2, 0.25) is 0 Å². The maximum Gasteiger partial charge on any atom is 0.409 e. The number of aryl methyl sites for hydroxylation is 2. The van der Waals surface area contributed by atoms with Crippen LogP contribution in [0.4, 0.5) is 19.0 Å². The van der Waals surface area contributed by atoms with Crippen LogP contribution in [0.25, 0.3) is 16.8 Å². The Balaban J connectivity index is 0.000000308. The second-order valence-corrected chi connectivity index (χ2v) is 10.8. The number of nitrogens with one attached hydrogen (secondary N) is 2. The van der Waals surface area contributed by atoms with Crippen molar-refractivity contribution in [1.29, 1.82) is 0 Å². The number of carbonyl (C=O) groups is 1. The highest BCUT2D eigenvalue weighted by Gasteiger charge is 2.29. The molecule has 2 aliphatic rings. The van der Waals surface area contributed by atoms with Crippen molar-refractivity contribution in [3.8, 4) is 11.3 Å². The first-order valence-corrected chi connectivity index (χ1v) is 14.3. The summed E-state index contributed by atoms with van der Waals surface area (Å²) in [6.07, 6.45) is 9.04. The molecular formula is C31H35F3N8O. The lowest BCUT2D eigenvalue weighted by atomic mass is 9.98. The predicted octanol–water partition coefficient (Wildman–Crippen LogP) is 5.50. The Morgan fingerprint density at radius 1 is 1.09 bits per heavy atom. The standard InChI is InChI=1S/C23H23F3N6O.C8H12N2/c1-14-4-2-3-5-17(12-23(24,25)26)21(30-14)31-22(33)16-8-6-15(7-9-16)18-19-20(27)28-10-11-32(19)13-29-18;1-10-8-5-3-2-4-7(8)6-9-10/h6-13,21,30H,1-5H2,(H2,27,28)(H,31,33);6H,2-5H2,1H3/b17-12+;. The Morgan fingerprint density at radius 2 is 1.81 bits per heavy atom. The molecule has 4 N–H and O–H groups in total. The fraction of sp³-hybridized carbons (Fsp3) is 0.355. The summed E-state index contributed by atoms with van der Waals surface area (Å²) in [6, 6.07) is 6.60. The summed E-state index contributed by atoms with van der Waals surface area (Å²) in [5.74, 6) is -0.178. The highest BCUT2D eigenvalue weighted by atomic mass is 19.4. The fourth-order valence-corrected chi connectivity index (χ4v) is 5.50. The molecule has 1 saturated heterocycles. The number of nitrogens with two attached hydrogens (primary N) is 1. The first-order valence-electron chi connectivity index (χ1n) is 14.3. The van der Waals surface area contributed by atoms with Crippen molar-refractivity contribution in [1.82, 2.24) is 34.8 Å². The number of nitrogen functional groups attached to an aromatic ring is 1. The lowest BCUT2D eigenvalue weighted by molar-refractivity contribution is -0.0810. The van der Waals surface area contributed by atoms with Crippen molar-refractivity contribution in [2.45, 2.75) is 63.7 Å². The molecule has 4 heterocycles. The lowest BCUT2D eigenvalue weighted by Gasteiger charge is -2.28. The second-order valence-electron chi connectivity index (χ2n) is 10.8. The predicted molar refractivity (Wildman–Crippen MR) is 159 cm³/mol. The number of anilines is 1. The van der Waals surface area contributed by atoms with Crippen molar-refractivity contribution in [2.24, 2.45) is 7.05 Å². The summed E-state index contributed by atoms with van der Waals surface area (Å²) >= 11 is 0. The molecule has 1 atom stereocenters. The molecule has 1 aliphatic heterocycles. The normalized spacial score (nSPS) is 18.2. The maximum atomic E-state index is 13.1. The van der Waals surface area contributed by atoms with Gasteiger partial charge in [-0.2, -0.15) is 18.3 Å². The summed E-state index contributed by atoms with van der Waals surface area (Å²) in [5.41, 5.74) is 11.8. The zero-order valence-electron chi connectivity index (χ0n) is 24.0. The van der Waals surface area contributed by atoms with Crippen LogP contribution in [0.3, 0.4) is 0 Å². The zero-order chi connectivity index (χ0) is 30.6. The summed E-state index contributed by atoms with van der Waals surface area (Å²) in [4.78, 5) is 21.3. The van der Waals surface area contributed by atoms with Crippen LogP contribution in [0.15, 0.2) is 73.1 Å². The molecule has 0 saturated carbocycles. The van der Waals surface area contributed by atoms with Crippen LogP contribution >= 0.6 is 0 Å². The van der Waals surface area contributed by atoms with Crippen LogP contribution in [-0.2, 0) is 19.9 Å². The van der Waals surface area contributed by atoms with E-state index < -0.39 is 18.2 Å². The molecule has 226 valence electrons. The number of amides is 1. The molecule has 0 spiro atoms. The molecule has 1 amide bonds. The van der Waals surface area contributed by atoms with Gasteiger partial charge in [0.1, 0.15) is 23.8 Å². The Morgan fingerprint density at radius 3 is 2.56 bits per heavy atom. The first-order chi connectivity index (χ1) is 20.6. The highest BCUT2D eigenvalue weighted by molar-refractivity contribution is 5.95. The van der Waals surface area contributed by atoms with Crippen molar-refractivity contribution in [3.63, 3.8) is 0 Å². The maximum absolute atomic E-state index is 13.1. The van der Waals surface area contributed by atoms with Gasteiger partial charge >= 0.3 is 6.18 Å². The monoisotopic (exact) mass is 592 g/mol. The van der Waals surface area contributed by atoms with Crippen LogP contribution < -0.4 is 16.4 Å². The van der Waals surface area contributed by atoms with Crippen LogP contribution in [-0.4, -0.2) is 42.4 Å². The van der Waals surface area contributed by atoms with Gasteiger partial charge in [-0.15, -0.1) is 0 Å². The average molecular weight is 593 g/mol. The highest BCUT2D eigenvalue weighted by Crippen LogP contribution is 2.28. The number of carbonyl (C=O) groups excluding carboxylic acids is 1. The smallest absolute Gasteiger partial charge is 0.382 e. The summed E-state index contributed by atoms with van der Waals surface area (Å²) in [6.45, 7) is 3.85. The largest absolute Gasteiger partial charge is 0.409 e. The van der Waals surface area contributed by atoms with Crippen LogP contribution in [0.1, 0.15) is 60.1 Å². The van der Waals surface area contributed by atoms with Gasteiger partial charge in [-0.3, -0.25) is 9.48 Å². The Bertz CT molecular complexity index is 1630. The summed E-state index contributed by atoms with van der Waals surface area (Å²) in [5, 5.41) is 9.81. The number of alkyl halides is 3. The van der Waals surface area contributed by atoms with E-state index in [2.05, 4.69) is 32.3 Å². The second kappa shape index (κ2) is 12.7. The van der Waals surface area contributed by atoms with E-state index >= 15 is 0 Å². The van der Waals surface area contributed by atoms with Crippen LogP contribution in [0.2, 0.25) is 0 Å². The molecular weight excluding hydrogens is 557 g/mol. The SMILES string of the molecule is C=C1CCCC/C(=C\C(F)(F)F)C(NC(=O)c2ccc(-c3ncn4ccnc(N)c34)cc2)N1.Cn1ncc2c1CCCC2. The topological polar surface area (TPSA) is 115 Å². The number of aromatic nitrogens is 5. The molecule has 9 nitrogen and oxygen atoms in total. The van der Waals surface area contributed by atoms with E-state index in [9.17, 15) is 18.0 Å². The van der Waals surface area contributed by atoms with Gasteiger partial charge in [0.15, 0.2) is 0 Å². The van der Waals surface area contributed by atoms with Crippen molar-refractivity contribution >= 4 is 17.2 Å². The minimum absolute atomic E-state index is 0.0702. The third-order valence-corrected chi connectivity index (χ3v) is 7.69. The van der Waals surface area contributed by atoms with Gasteiger partial charge < -0.3 is 20.8 Å². The summed E-state index contributed by atoms with van der Waals surface area (Å²) in [7, 11) is 2.03. The molecule has 4 aromatic rings. The van der Waals surface area contributed by atoms with Gasteiger partial charge in [0, 0.05) is 48.0 Å². The van der Waals surface area contributed by atoms with E-state index in [1.54, 1.807) is 47.4 Å². The number of nitrogens with zero attached hydrogens (tertiary/aromatic N) is 5. The van der Waals surface area contributed by atoms with Gasteiger partial charge in [0.25, 0.3) is 5.91 Å². The van der Waals surface area contributed by atoms with Crippen molar-refractivity contribution in [3.05, 3.63) is 89.9 Å². The number of rotatable bonds is 3. The Hall–Kier alpha value is -4.61. The molecule has 1 aliphatic carbocycles. The minimum atomic E-state index is -4.48. The average Bonchev–Trinajstić information content (AvgIpc) is 3.58. The van der Waals surface area contributed by atoms with Crippen molar-refractivity contribution < 1.29 is 18.0 Å². The van der Waals surface area contributed by atoms with E-state index in [0.29, 0.717) is 41.1 Å². The Labute approximate surface area is 247 Å². The Kier molecular flexibility index (Phi) is 8.84. The van der Waals surface area contributed by atoms with Crippen molar-refractivity contribution in [2.75, 3.05) is 5.73 Å². The number of halogens is 3. The lowest BCUT2D eigenvalue weighted by Crippen LogP contribution is -2.47. The van der Waals surface area contributed by atoms with E-state index in [-0.39, 0.29) is 18.1 Å². The van der Waals surface area contributed by atoms with E-state index in [1.807, 2.05) is 17.9 Å².